The van der Waals surface area contributed by atoms with Crippen LogP contribution in [0.25, 0.3) is 0 Å². The summed E-state index contributed by atoms with van der Waals surface area (Å²) in [5, 5.41) is 9.32. The second-order valence-electron chi connectivity index (χ2n) is 6.53. The van der Waals surface area contributed by atoms with E-state index in [0.717, 1.165) is 58.2 Å². The van der Waals surface area contributed by atoms with Gasteiger partial charge in [0.1, 0.15) is 0 Å². The van der Waals surface area contributed by atoms with Crippen molar-refractivity contribution in [1.29, 1.82) is 0 Å². The lowest BCUT2D eigenvalue weighted by atomic mass is 10.0. The van der Waals surface area contributed by atoms with Gasteiger partial charge in [0.05, 0.1) is 0 Å². The van der Waals surface area contributed by atoms with Gasteiger partial charge in [0.2, 0.25) is 0 Å². The summed E-state index contributed by atoms with van der Waals surface area (Å²) >= 11 is 0. The molecule has 0 radical (unpaired) electrons. The first-order valence-corrected chi connectivity index (χ1v) is 9.73. The van der Waals surface area contributed by atoms with E-state index in [4.69, 9.17) is 9.47 Å². The van der Waals surface area contributed by atoms with E-state index in [1.54, 1.807) is 19.2 Å². The van der Waals surface area contributed by atoms with Crippen molar-refractivity contribution in [1.82, 2.24) is 16.0 Å². The molecule has 3 N–H and O–H groups in total. The second-order valence-corrected chi connectivity index (χ2v) is 6.53. The predicted octanol–water partition coefficient (Wildman–Crippen LogP) is 2.03. The van der Waals surface area contributed by atoms with Crippen LogP contribution in [-0.4, -0.2) is 65.0 Å². The number of nitrogens with one attached hydrogen (secondary N) is 3. The summed E-state index contributed by atoms with van der Waals surface area (Å²) in [6.45, 7) is 5.24. The minimum absolute atomic E-state index is 0. The topological polar surface area (TPSA) is 84.0 Å². The summed E-state index contributed by atoms with van der Waals surface area (Å²) in [6.07, 6.45) is 3.14. The highest BCUT2D eigenvalue weighted by Crippen LogP contribution is 2.14. The minimum atomic E-state index is -0.0676. The van der Waals surface area contributed by atoms with E-state index in [-0.39, 0.29) is 29.9 Å². The fourth-order valence-corrected chi connectivity index (χ4v) is 2.81. The molecule has 158 valence electrons. The monoisotopic (exact) mass is 504 g/mol. The number of guanidine groups is 1. The molecule has 1 aliphatic heterocycles. The predicted molar refractivity (Wildman–Crippen MR) is 123 cm³/mol. The maximum Gasteiger partial charge on any atom is 0.251 e. The molecule has 0 unspecified atom stereocenters. The molecule has 1 heterocycles. The molecule has 2 rings (SSSR count). The zero-order valence-corrected chi connectivity index (χ0v) is 18.9. The van der Waals surface area contributed by atoms with Crippen LogP contribution in [0.2, 0.25) is 0 Å². The van der Waals surface area contributed by atoms with Crippen LogP contribution in [0.1, 0.15) is 29.6 Å². The lowest BCUT2D eigenvalue weighted by Gasteiger charge is -2.21. The molecule has 0 bridgehead atoms. The van der Waals surface area contributed by atoms with Crippen molar-refractivity contribution in [3.05, 3.63) is 35.9 Å². The standard InChI is InChI=1S/C20H32N4O3.HI/c1-21-20(23-10-5-13-27-16-17-8-14-26-15-9-17)24-12-11-22-19(25)18-6-3-2-4-7-18;/h2-4,6-7,17H,5,8-16H2,1H3,(H,22,25)(H2,21,23,24);1H. The van der Waals surface area contributed by atoms with Crippen LogP contribution in [0.4, 0.5) is 0 Å². The molecule has 7 nitrogen and oxygen atoms in total. The van der Waals surface area contributed by atoms with E-state index in [2.05, 4.69) is 20.9 Å². The Labute approximate surface area is 185 Å². The lowest BCUT2D eigenvalue weighted by Crippen LogP contribution is -2.42. The van der Waals surface area contributed by atoms with Gasteiger partial charge in [0.25, 0.3) is 5.91 Å². The Morgan fingerprint density at radius 2 is 1.79 bits per heavy atom. The third-order valence-electron chi connectivity index (χ3n) is 4.41. The molecule has 0 spiro atoms. The fraction of sp³-hybridized carbons (Fsp3) is 0.600. The van der Waals surface area contributed by atoms with Crippen LogP contribution in [0.5, 0.6) is 0 Å². The quantitative estimate of drug-likeness (QED) is 0.197. The molecule has 0 aromatic heterocycles. The van der Waals surface area contributed by atoms with Gasteiger partial charge in [-0.15, -0.1) is 24.0 Å². The molecule has 0 atom stereocenters. The van der Waals surface area contributed by atoms with Gasteiger partial charge in [0, 0.05) is 58.7 Å². The van der Waals surface area contributed by atoms with Gasteiger partial charge in [-0.05, 0) is 37.3 Å². The van der Waals surface area contributed by atoms with Crippen molar-refractivity contribution < 1.29 is 14.3 Å². The number of halogens is 1. The van der Waals surface area contributed by atoms with Crippen molar-refractivity contribution in [2.24, 2.45) is 10.9 Å². The summed E-state index contributed by atoms with van der Waals surface area (Å²) in [6, 6.07) is 9.20. The number of aliphatic imine (C=N–C) groups is 1. The molecule has 1 fully saturated rings. The number of nitrogens with zero attached hydrogens (tertiary/aromatic N) is 1. The number of amides is 1. The molecule has 1 aromatic rings. The Morgan fingerprint density at radius 3 is 2.50 bits per heavy atom. The van der Waals surface area contributed by atoms with Gasteiger partial charge in [0.15, 0.2) is 5.96 Å². The number of hydrogen-bond acceptors (Lipinski definition) is 4. The third kappa shape index (κ3) is 10.2. The second kappa shape index (κ2) is 15.5. The Kier molecular flexibility index (Phi) is 13.7. The average Bonchev–Trinajstić information content (AvgIpc) is 2.73. The molecule has 1 aromatic carbocycles. The number of ether oxygens (including phenoxy) is 2. The van der Waals surface area contributed by atoms with E-state index >= 15 is 0 Å². The zero-order chi connectivity index (χ0) is 19.2. The molecule has 1 saturated heterocycles. The van der Waals surface area contributed by atoms with Gasteiger partial charge in [-0.2, -0.15) is 0 Å². The first kappa shape index (κ1) is 24.6. The van der Waals surface area contributed by atoms with E-state index in [1.165, 1.54) is 0 Å². The van der Waals surface area contributed by atoms with Crippen LogP contribution in [-0.2, 0) is 9.47 Å². The van der Waals surface area contributed by atoms with Gasteiger partial charge >= 0.3 is 0 Å². The smallest absolute Gasteiger partial charge is 0.251 e. The van der Waals surface area contributed by atoms with Crippen molar-refractivity contribution in [2.45, 2.75) is 19.3 Å². The largest absolute Gasteiger partial charge is 0.381 e. The van der Waals surface area contributed by atoms with Crippen LogP contribution >= 0.6 is 24.0 Å². The molecule has 0 saturated carbocycles. The number of carbonyl (C=O) groups is 1. The van der Waals surface area contributed by atoms with Crippen molar-refractivity contribution in [3.63, 3.8) is 0 Å². The van der Waals surface area contributed by atoms with Gasteiger partial charge < -0.3 is 25.4 Å². The lowest BCUT2D eigenvalue weighted by molar-refractivity contribution is 0.0203. The molecular weight excluding hydrogens is 471 g/mol. The molecule has 1 aliphatic rings. The summed E-state index contributed by atoms with van der Waals surface area (Å²) < 4.78 is 11.1. The minimum Gasteiger partial charge on any atom is -0.381 e. The SMILES string of the molecule is CN=C(NCCCOCC1CCOCC1)NCCNC(=O)c1ccccc1.I. The maximum atomic E-state index is 11.9. The van der Waals surface area contributed by atoms with Crippen LogP contribution in [0.3, 0.4) is 0 Å². The summed E-state index contributed by atoms with van der Waals surface area (Å²) in [5.74, 6) is 1.31. The molecule has 1 amide bonds. The van der Waals surface area contributed by atoms with Crippen LogP contribution in [0.15, 0.2) is 35.3 Å². The maximum absolute atomic E-state index is 11.9. The van der Waals surface area contributed by atoms with E-state index in [1.807, 2.05) is 18.2 Å². The van der Waals surface area contributed by atoms with Gasteiger partial charge in [-0.3, -0.25) is 9.79 Å². The highest BCUT2D eigenvalue weighted by molar-refractivity contribution is 14.0. The zero-order valence-electron chi connectivity index (χ0n) is 16.6. The van der Waals surface area contributed by atoms with E-state index in [9.17, 15) is 4.79 Å². The summed E-state index contributed by atoms with van der Waals surface area (Å²) in [7, 11) is 1.74. The van der Waals surface area contributed by atoms with Gasteiger partial charge in [-0.1, -0.05) is 18.2 Å². The van der Waals surface area contributed by atoms with Gasteiger partial charge in [-0.25, -0.2) is 0 Å². The van der Waals surface area contributed by atoms with Crippen molar-refractivity contribution in [2.75, 3.05) is 53.1 Å². The molecule has 8 heteroatoms. The number of hydrogen-bond donors (Lipinski definition) is 3. The van der Waals surface area contributed by atoms with E-state index in [0.29, 0.717) is 24.6 Å². The molecule has 28 heavy (non-hydrogen) atoms. The first-order chi connectivity index (χ1) is 13.3. The molecule has 0 aliphatic carbocycles. The average molecular weight is 504 g/mol. The first-order valence-electron chi connectivity index (χ1n) is 9.73. The fourth-order valence-electron chi connectivity index (χ4n) is 2.81. The summed E-state index contributed by atoms with van der Waals surface area (Å²) in [5.41, 5.74) is 0.667. The van der Waals surface area contributed by atoms with E-state index < -0.39 is 0 Å². The normalized spacial score (nSPS) is 14.8. The Bertz CT molecular complexity index is 566. The third-order valence-corrected chi connectivity index (χ3v) is 4.41. The Hall–Kier alpha value is -1.39. The highest BCUT2D eigenvalue weighted by atomic mass is 127. The number of benzene rings is 1. The number of rotatable bonds is 10. The highest BCUT2D eigenvalue weighted by Gasteiger charge is 2.13. The number of carbonyl (C=O) groups excluding carboxylic acids is 1. The van der Waals surface area contributed by atoms with Crippen LogP contribution < -0.4 is 16.0 Å². The Morgan fingerprint density at radius 1 is 1.11 bits per heavy atom. The van der Waals surface area contributed by atoms with Crippen molar-refractivity contribution in [3.8, 4) is 0 Å². The summed E-state index contributed by atoms with van der Waals surface area (Å²) in [4.78, 5) is 16.1. The van der Waals surface area contributed by atoms with Crippen molar-refractivity contribution >= 4 is 35.8 Å². The molecular formula is C20H33IN4O3. The van der Waals surface area contributed by atoms with Crippen LogP contribution in [0, 0.1) is 5.92 Å². The Balaban J connectivity index is 0.00000392.